The first-order valence-electron chi connectivity index (χ1n) is 6.59. The van der Waals surface area contributed by atoms with Gasteiger partial charge in [-0.15, -0.1) is 11.3 Å². The lowest BCUT2D eigenvalue weighted by molar-refractivity contribution is 0.645. The molecule has 0 saturated heterocycles. The first kappa shape index (κ1) is 13.8. The first-order chi connectivity index (χ1) is 9.29. The van der Waals surface area contributed by atoms with Crippen molar-refractivity contribution in [1.29, 1.82) is 0 Å². The number of hydrazine groups is 1. The molecule has 1 aliphatic rings. The molecule has 2 aromatic heterocycles. The van der Waals surface area contributed by atoms with Crippen LogP contribution in [0.3, 0.4) is 0 Å². The van der Waals surface area contributed by atoms with Crippen molar-refractivity contribution in [1.82, 2.24) is 5.43 Å². The lowest BCUT2D eigenvalue weighted by Crippen LogP contribution is -2.28. The molecule has 1 aliphatic carbocycles. The Morgan fingerprint density at radius 1 is 1.21 bits per heavy atom. The van der Waals surface area contributed by atoms with Crippen molar-refractivity contribution in [3.05, 3.63) is 42.2 Å². The van der Waals surface area contributed by atoms with Crippen LogP contribution in [0.5, 0.6) is 0 Å². The van der Waals surface area contributed by atoms with E-state index in [1.807, 2.05) is 11.3 Å². The van der Waals surface area contributed by atoms with Crippen molar-refractivity contribution in [3.8, 4) is 0 Å². The SMILES string of the molecule is NNC(c1cc2c(s1)CCCCC2)c1cscc1Br. The standard InChI is InChI=1S/C14H17BrN2S2/c15-11-8-18-7-10(11)14(17-16)13-6-9-4-2-1-3-5-12(9)19-13/h6-8,14,17H,1-5,16H2. The predicted octanol–water partition coefficient (Wildman–Crippen LogP) is 4.39. The quantitative estimate of drug-likeness (QED) is 0.486. The number of rotatable bonds is 3. The fourth-order valence-corrected chi connectivity index (χ4v) is 5.54. The molecule has 0 amide bonds. The maximum Gasteiger partial charge on any atom is 0.0821 e. The van der Waals surface area contributed by atoms with E-state index in [0.717, 1.165) is 4.47 Å². The van der Waals surface area contributed by atoms with Gasteiger partial charge in [-0.2, -0.15) is 11.3 Å². The van der Waals surface area contributed by atoms with E-state index in [1.54, 1.807) is 21.8 Å². The zero-order valence-electron chi connectivity index (χ0n) is 10.6. The monoisotopic (exact) mass is 356 g/mol. The Morgan fingerprint density at radius 2 is 2.05 bits per heavy atom. The number of fused-ring (bicyclic) bond motifs is 1. The molecular weight excluding hydrogens is 340 g/mol. The number of thiophene rings is 2. The summed E-state index contributed by atoms with van der Waals surface area (Å²) in [5, 5.41) is 4.28. The maximum atomic E-state index is 5.79. The molecule has 5 heteroatoms. The topological polar surface area (TPSA) is 38.0 Å². The third kappa shape index (κ3) is 2.81. The van der Waals surface area contributed by atoms with Crippen LogP contribution < -0.4 is 11.3 Å². The number of hydrogen-bond acceptors (Lipinski definition) is 4. The average Bonchev–Trinajstić information content (AvgIpc) is 2.93. The van der Waals surface area contributed by atoms with Gasteiger partial charge < -0.3 is 0 Å². The maximum absolute atomic E-state index is 5.79. The van der Waals surface area contributed by atoms with Crippen LogP contribution in [0, 0.1) is 0 Å². The summed E-state index contributed by atoms with van der Waals surface area (Å²) in [5.74, 6) is 5.79. The molecule has 1 atom stereocenters. The van der Waals surface area contributed by atoms with Crippen LogP contribution in [0.15, 0.2) is 21.3 Å². The van der Waals surface area contributed by atoms with Crippen molar-refractivity contribution >= 4 is 38.6 Å². The molecule has 3 N–H and O–H groups in total. The van der Waals surface area contributed by atoms with Gasteiger partial charge in [-0.1, -0.05) is 6.42 Å². The molecule has 2 nitrogen and oxygen atoms in total. The largest absolute Gasteiger partial charge is 0.271 e. The van der Waals surface area contributed by atoms with Gasteiger partial charge in [0.1, 0.15) is 0 Å². The number of halogens is 1. The van der Waals surface area contributed by atoms with Crippen molar-refractivity contribution in [3.63, 3.8) is 0 Å². The molecule has 0 bridgehead atoms. The molecule has 0 radical (unpaired) electrons. The van der Waals surface area contributed by atoms with Crippen LogP contribution in [0.4, 0.5) is 0 Å². The van der Waals surface area contributed by atoms with Crippen molar-refractivity contribution in [2.75, 3.05) is 0 Å². The summed E-state index contributed by atoms with van der Waals surface area (Å²) >= 11 is 7.24. The summed E-state index contributed by atoms with van der Waals surface area (Å²) in [6.07, 6.45) is 6.49. The summed E-state index contributed by atoms with van der Waals surface area (Å²) in [7, 11) is 0. The highest BCUT2D eigenvalue weighted by Crippen LogP contribution is 2.37. The lowest BCUT2D eigenvalue weighted by Gasteiger charge is -2.13. The van der Waals surface area contributed by atoms with Crippen LogP contribution in [0.2, 0.25) is 0 Å². The van der Waals surface area contributed by atoms with Crippen LogP contribution in [0.1, 0.15) is 46.2 Å². The summed E-state index contributed by atoms with van der Waals surface area (Å²) < 4.78 is 1.14. The number of hydrogen-bond donors (Lipinski definition) is 2. The zero-order chi connectivity index (χ0) is 13.2. The van der Waals surface area contributed by atoms with Crippen molar-refractivity contribution < 1.29 is 0 Å². The molecule has 0 aliphatic heterocycles. The van der Waals surface area contributed by atoms with Gasteiger partial charge in [0.15, 0.2) is 0 Å². The minimum absolute atomic E-state index is 0.109. The Morgan fingerprint density at radius 3 is 2.79 bits per heavy atom. The molecule has 1 unspecified atom stereocenters. The second kappa shape index (κ2) is 6.06. The number of nitrogens with one attached hydrogen (secondary N) is 1. The third-order valence-corrected chi connectivity index (χ3v) is 6.72. The molecule has 2 aromatic rings. The van der Waals surface area contributed by atoms with Gasteiger partial charge in [0.25, 0.3) is 0 Å². The second-order valence-electron chi connectivity index (χ2n) is 4.93. The fraction of sp³-hybridized carbons (Fsp3) is 0.429. The average molecular weight is 357 g/mol. The van der Waals surface area contributed by atoms with E-state index < -0.39 is 0 Å². The normalized spacial score (nSPS) is 16.9. The van der Waals surface area contributed by atoms with Gasteiger partial charge in [0.2, 0.25) is 0 Å². The van der Waals surface area contributed by atoms with Crippen LogP contribution in [0.25, 0.3) is 0 Å². The van der Waals surface area contributed by atoms with Gasteiger partial charge in [-0.3, -0.25) is 5.84 Å². The van der Waals surface area contributed by atoms with E-state index in [0.29, 0.717) is 0 Å². The molecule has 0 fully saturated rings. The molecule has 19 heavy (non-hydrogen) atoms. The Kier molecular flexibility index (Phi) is 4.39. The zero-order valence-corrected chi connectivity index (χ0v) is 13.8. The van der Waals surface area contributed by atoms with E-state index in [1.165, 1.54) is 42.5 Å². The van der Waals surface area contributed by atoms with Gasteiger partial charge in [0, 0.05) is 25.2 Å². The molecular formula is C14H17BrN2S2. The van der Waals surface area contributed by atoms with E-state index in [-0.39, 0.29) is 6.04 Å². The highest BCUT2D eigenvalue weighted by Gasteiger charge is 2.21. The Labute approximate surface area is 130 Å². The second-order valence-corrected chi connectivity index (χ2v) is 7.70. The first-order valence-corrected chi connectivity index (χ1v) is 9.14. The summed E-state index contributed by atoms with van der Waals surface area (Å²) in [6.45, 7) is 0. The van der Waals surface area contributed by atoms with E-state index >= 15 is 0 Å². The highest BCUT2D eigenvalue weighted by atomic mass is 79.9. The minimum atomic E-state index is 0.109. The molecule has 3 rings (SSSR count). The fourth-order valence-electron chi connectivity index (χ4n) is 2.66. The third-order valence-electron chi connectivity index (χ3n) is 3.67. The number of nitrogens with two attached hydrogens (primary N) is 1. The molecule has 0 saturated carbocycles. The van der Waals surface area contributed by atoms with Gasteiger partial charge in [-0.05, 0) is 58.6 Å². The molecule has 0 aromatic carbocycles. The van der Waals surface area contributed by atoms with Gasteiger partial charge in [-0.25, -0.2) is 5.43 Å². The molecule has 102 valence electrons. The molecule has 0 spiro atoms. The van der Waals surface area contributed by atoms with Gasteiger partial charge in [0.05, 0.1) is 6.04 Å². The minimum Gasteiger partial charge on any atom is -0.271 e. The summed E-state index contributed by atoms with van der Waals surface area (Å²) in [4.78, 5) is 2.91. The number of aryl methyl sites for hydroxylation is 2. The van der Waals surface area contributed by atoms with E-state index in [4.69, 9.17) is 5.84 Å². The smallest absolute Gasteiger partial charge is 0.0821 e. The molecule has 2 heterocycles. The Balaban J connectivity index is 1.94. The summed E-state index contributed by atoms with van der Waals surface area (Å²) in [5.41, 5.74) is 5.76. The summed E-state index contributed by atoms with van der Waals surface area (Å²) in [6, 6.07) is 2.47. The predicted molar refractivity (Wildman–Crippen MR) is 86.8 cm³/mol. The van der Waals surface area contributed by atoms with E-state index in [2.05, 4.69) is 38.2 Å². The van der Waals surface area contributed by atoms with Crippen molar-refractivity contribution in [2.24, 2.45) is 5.84 Å². The Bertz CT molecular complexity index is 538. The van der Waals surface area contributed by atoms with Gasteiger partial charge >= 0.3 is 0 Å². The van der Waals surface area contributed by atoms with Crippen LogP contribution in [-0.4, -0.2) is 0 Å². The Hall–Kier alpha value is -0.200. The lowest BCUT2D eigenvalue weighted by atomic mass is 10.1. The van der Waals surface area contributed by atoms with Crippen molar-refractivity contribution in [2.45, 2.75) is 38.1 Å². The highest BCUT2D eigenvalue weighted by molar-refractivity contribution is 9.10. The van der Waals surface area contributed by atoms with Crippen LogP contribution >= 0.6 is 38.6 Å². The van der Waals surface area contributed by atoms with Crippen LogP contribution in [-0.2, 0) is 12.8 Å². The van der Waals surface area contributed by atoms with E-state index in [9.17, 15) is 0 Å².